The van der Waals surface area contributed by atoms with E-state index >= 15 is 0 Å². The molecule has 2 unspecified atom stereocenters. The minimum Gasteiger partial charge on any atom is -0.491 e. The maximum absolute atomic E-state index is 14.3. The minimum atomic E-state index is -1.03. The minimum absolute atomic E-state index is 0.0276. The standard InChI is InChI=1S/C31H34N6O3S/c1-20(2)40-26-9-5-7-23(15-26)18-35-13-12-31(16-21(35)3)29(38)36(19-27-33-34-28(41-27)24-10-11-24)30(39)37(31)25-8-4-6-22(14-25)17-32/h4-9,14-15,20-21,24H,10-13,16,18-19H2,1-3H3. The van der Waals surface area contributed by atoms with E-state index in [9.17, 15) is 14.9 Å². The van der Waals surface area contributed by atoms with E-state index in [1.165, 1.54) is 16.2 Å². The summed E-state index contributed by atoms with van der Waals surface area (Å²) in [6.45, 7) is 7.61. The Morgan fingerprint density at radius 1 is 1.12 bits per heavy atom. The molecule has 3 aliphatic rings. The van der Waals surface area contributed by atoms with Crippen molar-refractivity contribution in [3.63, 3.8) is 0 Å². The van der Waals surface area contributed by atoms with Crippen LogP contribution in [-0.2, 0) is 17.9 Å². The molecule has 0 radical (unpaired) electrons. The number of hydrogen-bond acceptors (Lipinski definition) is 8. The SMILES string of the molecule is CC(C)Oc1cccc(CN2CCC3(CC2C)C(=O)N(Cc2nnc(C4CC4)s2)C(=O)N3c2cccc(C#N)c2)c1. The molecule has 2 atom stereocenters. The van der Waals surface area contributed by atoms with E-state index in [0.29, 0.717) is 41.6 Å². The molecule has 212 valence electrons. The van der Waals surface area contributed by atoms with Crippen LogP contribution in [0.5, 0.6) is 5.75 Å². The summed E-state index contributed by atoms with van der Waals surface area (Å²) in [7, 11) is 0. The summed E-state index contributed by atoms with van der Waals surface area (Å²) in [6, 6.07) is 16.9. The van der Waals surface area contributed by atoms with Crippen molar-refractivity contribution in [2.45, 2.75) is 83.1 Å². The fourth-order valence-electron chi connectivity index (χ4n) is 6.03. The molecular weight excluding hydrogens is 536 g/mol. The van der Waals surface area contributed by atoms with Gasteiger partial charge in [0.1, 0.15) is 21.3 Å². The Labute approximate surface area is 244 Å². The number of rotatable bonds is 8. The number of imide groups is 1. The van der Waals surface area contributed by atoms with Gasteiger partial charge in [-0.3, -0.25) is 19.5 Å². The van der Waals surface area contributed by atoms with Gasteiger partial charge in [-0.1, -0.05) is 29.5 Å². The Bertz CT molecular complexity index is 1510. The quantitative estimate of drug-likeness (QED) is 0.331. The van der Waals surface area contributed by atoms with Crippen LogP contribution in [0.3, 0.4) is 0 Å². The van der Waals surface area contributed by atoms with Crippen molar-refractivity contribution in [3.8, 4) is 11.8 Å². The van der Waals surface area contributed by atoms with Crippen molar-refractivity contribution in [2.24, 2.45) is 0 Å². The molecule has 3 aromatic rings. The molecule has 1 spiro atoms. The van der Waals surface area contributed by atoms with Gasteiger partial charge in [-0.15, -0.1) is 10.2 Å². The molecule has 6 rings (SSSR count). The number of hydrogen-bond donors (Lipinski definition) is 0. The van der Waals surface area contributed by atoms with Crippen LogP contribution in [0, 0.1) is 11.3 Å². The molecular formula is C31H34N6O3S. The molecule has 9 nitrogen and oxygen atoms in total. The van der Waals surface area contributed by atoms with E-state index in [1.54, 1.807) is 23.1 Å². The number of carbonyl (C=O) groups excluding carboxylic acids is 2. The first kappa shape index (κ1) is 27.4. The number of urea groups is 1. The van der Waals surface area contributed by atoms with Gasteiger partial charge in [0, 0.05) is 30.7 Å². The molecule has 1 saturated carbocycles. The second-order valence-electron chi connectivity index (χ2n) is 11.6. The number of aromatic nitrogens is 2. The predicted molar refractivity (Wildman–Crippen MR) is 156 cm³/mol. The highest BCUT2D eigenvalue weighted by Gasteiger charge is 2.60. The molecule has 1 aromatic heterocycles. The summed E-state index contributed by atoms with van der Waals surface area (Å²) >= 11 is 1.49. The monoisotopic (exact) mass is 570 g/mol. The number of ether oxygens (including phenoxy) is 1. The van der Waals surface area contributed by atoms with Crippen LogP contribution in [0.2, 0.25) is 0 Å². The lowest BCUT2D eigenvalue weighted by atomic mass is 9.81. The van der Waals surface area contributed by atoms with E-state index in [-0.39, 0.29) is 30.6 Å². The van der Waals surface area contributed by atoms with Gasteiger partial charge in [-0.05, 0) is 82.3 Å². The maximum atomic E-state index is 14.3. The summed E-state index contributed by atoms with van der Waals surface area (Å²) in [5, 5.41) is 19.8. The second-order valence-corrected chi connectivity index (χ2v) is 12.7. The van der Waals surface area contributed by atoms with Gasteiger partial charge < -0.3 is 4.74 Å². The zero-order chi connectivity index (χ0) is 28.7. The first-order valence-electron chi connectivity index (χ1n) is 14.3. The smallest absolute Gasteiger partial charge is 0.332 e. The molecule has 0 bridgehead atoms. The van der Waals surface area contributed by atoms with Crippen molar-refractivity contribution in [2.75, 3.05) is 11.4 Å². The van der Waals surface area contributed by atoms with Crippen LogP contribution in [0.1, 0.15) is 73.5 Å². The van der Waals surface area contributed by atoms with Crippen LogP contribution in [0.4, 0.5) is 10.5 Å². The first-order chi connectivity index (χ1) is 19.8. The van der Waals surface area contributed by atoms with Crippen LogP contribution in [-0.4, -0.2) is 56.2 Å². The largest absolute Gasteiger partial charge is 0.491 e. The number of piperidine rings is 1. The Morgan fingerprint density at radius 3 is 2.66 bits per heavy atom. The van der Waals surface area contributed by atoms with Crippen LogP contribution in [0.25, 0.3) is 0 Å². The normalized spacial score (nSPS) is 23.0. The summed E-state index contributed by atoms with van der Waals surface area (Å²) in [4.78, 5) is 33.6. The summed E-state index contributed by atoms with van der Waals surface area (Å²) in [5.74, 6) is 1.10. The lowest BCUT2D eigenvalue weighted by Gasteiger charge is -2.45. The van der Waals surface area contributed by atoms with E-state index in [0.717, 1.165) is 35.7 Å². The van der Waals surface area contributed by atoms with E-state index in [1.807, 2.05) is 32.0 Å². The summed E-state index contributed by atoms with van der Waals surface area (Å²) < 4.78 is 5.89. The molecule has 10 heteroatoms. The summed E-state index contributed by atoms with van der Waals surface area (Å²) in [6.07, 6.45) is 3.30. The van der Waals surface area contributed by atoms with Gasteiger partial charge in [0.2, 0.25) is 0 Å². The fourth-order valence-corrected chi connectivity index (χ4v) is 7.04. The van der Waals surface area contributed by atoms with E-state index in [4.69, 9.17) is 4.74 Å². The highest BCUT2D eigenvalue weighted by molar-refractivity contribution is 7.11. The molecule has 2 aliphatic heterocycles. The third-order valence-corrected chi connectivity index (χ3v) is 9.22. The van der Waals surface area contributed by atoms with Crippen molar-refractivity contribution in [3.05, 3.63) is 69.7 Å². The van der Waals surface area contributed by atoms with Gasteiger partial charge in [0.05, 0.1) is 24.3 Å². The Balaban J connectivity index is 1.27. The molecule has 3 heterocycles. The van der Waals surface area contributed by atoms with Crippen molar-refractivity contribution in [1.82, 2.24) is 20.0 Å². The third kappa shape index (κ3) is 5.32. The Morgan fingerprint density at radius 2 is 1.93 bits per heavy atom. The number of anilines is 1. The van der Waals surface area contributed by atoms with Crippen molar-refractivity contribution < 1.29 is 14.3 Å². The number of likely N-dealkylation sites (tertiary alicyclic amines) is 1. The van der Waals surface area contributed by atoms with Crippen molar-refractivity contribution >= 4 is 29.0 Å². The maximum Gasteiger partial charge on any atom is 0.332 e. The van der Waals surface area contributed by atoms with E-state index in [2.05, 4.69) is 40.2 Å². The molecule has 2 aromatic carbocycles. The topological polar surface area (TPSA) is 103 Å². The molecule has 1 aliphatic carbocycles. The zero-order valence-electron chi connectivity index (χ0n) is 23.6. The van der Waals surface area contributed by atoms with Gasteiger partial charge >= 0.3 is 6.03 Å². The number of nitriles is 1. The highest BCUT2D eigenvalue weighted by Crippen LogP contribution is 2.45. The first-order valence-corrected chi connectivity index (χ1v) is 15.1. The van der Waals surface area contributed by atoms with Gasteiger partial charge in [0.25, 0.3) is 5.91 Å². The highest BCUT2D eigenvalue weighted by atomic mass is 32.1. The molecule has 0 N–H and O–H groups in total. The molecule has 41 heavy (non-hydrogen) atoms. The Hall–Kier alpha value is -3.81. The molecule has 3 fully saturated rings. The Kier molecular flexibility index (Phi) is 7.26. The fraction of sp³-hybridized carbons (Fsp3) is 0.452. The van der Waals surface area contributed by atoms with Crippen molar-refractivity contribution in [1.29, 1.82) is 5.26 Å². The van der Waals surface area contributed by atoms with Gasteiger partial charge in [-0.25, -0.2) is 4.79 Å². The average molecular weight is 571 g/mol. The van der Waals surface area contributed by atoms with Gasteiger partial charge in [0.15, 0.2) is 0 Å². The van der Waals surface area contributed by atoms with E-state index < -0.39 is 5.54 Å². The second kappa shape index (κ2) is 10.9. The average Bonchev–Trinajstić information content (AvgIpc) is 3.66. The van der Waals surface area contributed by atoms with Crippen LogP contribution < -0.4 is 9.64 Å². The number of amides is 3. The predicted octanol–water partition coefficient (Wildman–Crippen LogP) is 5.47. The molecule has 3 amide bonds. The third-order valence-electron chi connectivity index (χ3n) is 8.15. The van der Waals surface area contributed by atoms with Crippen LogP contribution in [0.15, 0.2) is 48.5 Å². The summed E-state index contributed by atoms with van der Waals surface area (Å²) in [5.41, 5.74) is 1.12. The molecule has 2 saturated heterocycles. The number of benzene rings is 2. The van der Waals surface area contributed by atoms with Crippen LogP contribution >= 0.6 is 11.3 Å². The zero-order valence-corrected chi connectivity index (χ0v) is 24.4. The lowest BCUT2D eigenvalue weighted by Crippen LogP contribution is -2.59. The number of nitrogens with zero attached hydrogens (tertiary/aromatic N) is 6. The van der Waals surface area contributed by atoms with Gasteiger partial charge in [-0.2, -0.15) is 5.26 Å². The lowest BCUT2D eigenvalue weighted by molar-refractivity contribution is -0.133. The number of carbonyl (C=O) groups is 2.